The lowest BCUT2D eigenvalue weighted by Crippen LogP contribution is -2.10. The quantitative estimate of drug-likeness (QED) is 0.451. The minimum absolute atomic E-state index is 0.363. The summed E-state index contributed by atoms with van der Waals surface area (Å²) in [6.45, 7) is 1.86. The van der Waals surface area contributed by atoms with Gasteiger partial charge in [-0.15, -0.1) is 11.3 Å². The highest BCUT2D eigenvalue weighted by Gasteiger charge is 2.08. The van der Waals surface area contributed by atoms with Crippen molar-refractivity contribution in [1.29, 1.82) is 0 Å². The van der Waals surface area contributed by atoms with Crippen molar-refractivity contribution in [3.63, 3.8) is 0 Å². The fraction of sp³-hybridized carbons (Fsp3) is 0.130. The standard InChI is InChI=1S/C23H19NO4S/c1-15-10-19(8-9-21(15)28-13-23(25)26)27-12-22-24-20(14-29-22)18-7-6-16-4-2-3-5-17(16)11-18/h2-11,14H,12-13H2,1H3,(H,25,26). The first-order valence-electron chi connectivity index (χ1n) is 9.10. The van der Waals surface area contributed by atoms with Crippen molar-refractivity contribution in [2.24, 2.45) is 0 Å². The van der Waals surface area contributed by atoms with Crippen LogP contribution >= 0.6 is 11.3 Å². The molecule has 0 aliphatic carbocycles. The third-order valence-corrected chi connectivity index (χ3v) is 5.28. The lowest BCUT2D eigenvalue weighted by Gasteiger charge is -2.09. The molecule has 1 heterocycles. The molecule has 0 unspecified atom stereocenters. The maximum absolute atomic E-state index is 10.6. The minimum Gasteiger partial charge on any atom is -0.486 e. The predicted octanol–water partition coefficient (Wildman–Crippen LogP) is 5.31. The number of carboxylic acid groups (broad SMARTS) is 1. The first kappa shape index (κ1) is 19.0. The Kier molecular flexibility index (Phi) is 5.44. The van der Waals surface area contributed by atoms with Gasteiger partial charge in [-0.1, -0.05) is 36.4 Å². The molecule has 0 aliphatic heterocycles. The highest BCUT2D eigenvalue weighted by atomic mass is 32.1. The topological polar surface area (TPSA) is 68.7 Å². The number of fused-ring (bicyclic) bond motifs is 1. The van der Waals surface area contributed by atoms with Gasteiger partial charge in [0, 0.05) is 10.9 Å². The second-order valence-corrected chi connectivity index (χ2v) is 7.53. The molecule has 4 aromatic rings. The summed E-state index contributed by atoms with van der Waals surface area (Å²) in [6.07, 6.45) is 0. The highest BCUT2D eigenvalue weighted by molar-refractivity contribution is 7.09. The van der Waals surface area contributed by atoms with Crippen LogP contribution in [0.1, 0.15) is 10.6 Å². The molecule has 0 saturated carbocycles. The predicted molar refractivity (Wildman–Crippen MR) is 114 cm³/mol. The van der Waals surface area contributed by atoms with Crippen LogP contribution in [0.25, 0.3) is 22.0 Å². The Morgan fingerprint density at radius 1 is 1.03 bits per heavy atom. The van der Waals surface area contributed by atoms with E-state index in [0.29, 0.717) is 18.1 Å². The Morgan fingerprint density at radius 3 is 2.66 bits per heavy atom. The maximum atomic E-state index is 10.6. The van der Waals surface area contributed by atoms with Gasteiger partial charge in [0.05, 0.1) is 5.69 Å². The van der Waals surface area contributed by atoms with Crippen LogP contribution in [0.2, 0.25) is 0 Å². The molecule has 1 aromatic heterocycles. The largest absolute Gasteiger partial charge is 0.486 e. The van der Waals surface area contributed by atoms with Gasteiger partial charge in [-0.3, -0.25) is 0 Å². The molecule has 0 radical (unpaired) electrons. The number of hydrogen-bond acceptors (Lipinski definition) is 5. The van der Waals surface area contributed by atoms with E-state index in [1.54, 1.807) is 23.5 Å². The summed E-state index contributed by atoms with van der Waals surface area (Å²) in [7, 11) is 0. The van der Waals surface area contributed by atoms with Gasteiger partial charge in [0.1, 0.15) is 23.1 Å². The van der Waals surface area contributed by atoms with Gasteiger partial charge in [-0.05, 0) is 47.5 Å². The van der Waals surface area contributed by atoms with E-state index in [9.17, 15) is 4.79 Å². The second-order valence-electron chi connectivity index (χ2n) is 6.59. The van der Waals surface area contributed by atoms with E-state index >= 15 is 0 Å². The maximum Gasteiger partial charge on any atom is 0.341 e. The van der Waals surface area contributed by atoms with Crippen molar-refractivity contribution >= 4 is 28.1 Å². The Bertz CT molecular complexity index is 1170. The van der Waals surface area contributed by atoms with E-state index in [1.165, 1.54) is 10.8 Å². The van der Waals surface area contributed by atoms with Gasteiger partial charge in [-0.25, -0.2) is 9.78 Å². The van der Waals surface area contributed by atoms with Crippen molar-refractivity contribution in [1.82, 2.24) is 4.98 Å². The molecule has 4 rings (SSSR count). The molecule has 0 amide bonds. The first-order valence-corrected chi connectivity index (χ1v) is 9.98. The summed E-state index contributed by atoms with van der Waals surface area (Å²) in [5, 5.41) is 14.0. The van der Waals surface area contributed by atoms with E-state index in [1.807, 2.05) is 30.5 Å². The lowest BCUT2D eigenvalue weighted by molar-refractivity contribution is -0.139. The molecule has 29 heavy (non-hydrogen) atoms. The summed E-state index contributed by atoms with van der Waals surface area (Å²) >= 11 is 1.56. The average molecular weight is 405 g/mol. The summed E-state index contributed by atoms with van der Waals surface area (Å²) in [5.74, 6) is 0.218. The molecule has 1 N–H and O–H groups in total. The number of benzene rings is 3. The number of thiazole rings is 1. The van der Waals surface area contributed by atoms with Crippen LogP contribution in [0.15, 0.2) is 66.0 Å². The molecule has 0 fully saturated rings. The normalized spacial score (nSPS) is 10.8. The minimum atomic E-state index is -1.00. The summed E-state index contributed by atoms with van der Waals surface area (Å²) in [4.78, 5) is 15.3. The average Bonchev–Trinajstić information content (AvgIpc) is 3.20. The van der Waals surface area contributed by atoms with E-state index in [-0.39, 0.29) is 6.61 Å². The molecule has 0 spiro atoms. The third-order valence-electron chi connectivity index (χ3n) is 4.46. The van der Waals surface area contributed by atoms with Crippen molar-refractivity contribution in [3.05, 3.63) is 76.6 Å². The van der Waals surface area contributed by atoms with E-state index in [2.05, 4.69) is 30.3 Å². The van der Waals surface area contributed by atoms with Gasteiger partial charge in [0.25, 0.3) is 0 Å². The lowest BCUT2D eigenvalue weighted by atomic mass is 10.1. The Labute approximate surface area is 172 Å². The number of ether oxygens (including phenoxy) is 2. The number of aliphatic carboxylic acids is 1. The Hall–Kier alpha value is -3.38. The van der Waals surface area contributed by atoms with Crippen molar-refractivity contribution in [2.75, 3.05) is 6.61 Å². The van der Waals surface area contributed by atoms with E-state index in [0.717, 1.165) is 21.8 Å². The number of aromatic nitrogens is 1. The van der Waals surface area contributed by atoms with Crippen LogP contribution in [0.3, 0.4) is 0 Å². The number of hydrogen-bond donors (Lipinski definition) is 1. The molecule has 6 heteroatoms. The molecule has 0 saturated heterocycles. The van der Waals surface area contributed by atoms with Crippen LogP contribution in [0, 0.1) is 6.92 Å². The van der Waals surface area contributed by atoms with Crippen LogP contribution in [-0.2, 0) is 11.4 Å². The van der Waals surface area contributed by atoms with Crippen molar-refractivity contribution in [3.8, 4) is 22.8 Å². The van der Waals surface area contributed by atoms with Gasteiger partial charge >= 0.3 is 5.97 Å². The zero-order valence-electron chi connectivity index (χ0n) is 15.8. The summed E-state index contributed by atoms with van der Waals surface area (Å²) in [6, 6.07) is 19.9. The molecular formula is C23H19NO4S. The van der Waals surface area contributed by atoms with Gasteiger partial charge in [-0.2, -0.15) is 0 Å². The molecule has 0 bridgehead atoms. The van der Waals surface area contributed by atoms with Crippen molar-refractivity contribution < 1.29 is 19.4 Å². The Balaban J connectivity index is 1.42. The summed E-state index contributed by atoms with van der Waals surface area (Å²) in [5.41, 5.74) is 2.84. The number of nitrogens with zero attached hydrogens (tertiary/aromatic N) is 1. The van der Waals surface area contributed by atoms with Gasteiger partial charge in [0.15, 0.2) is 6.61 Å². The smallest absolute Gasteiger partial charge is 0.341 e. The third kappa shape index (κ3) is 4.55. The van der Waals surface area contributed by atoms with Crippen LogP contribution in [0.4, 0.5) is 0 Å². The SMILES string of the molecule is Cc1cc(OCc2nc(-c3ccc4ccccc4c3)cs2)ccc1OCC(=O)O. The monoisotopic (exact) mass is 405 g/mol. The number of aryl methyl sites for hydroxylation is 1. The second kappa shape index (κ2) is 8.32. The number of carboxylic acids is 1. The molecule has 3 aromatic carbocycles. The molecule has 5 nitrogen and oxygen atoms in total. The molecular weight excluding hydrogens is 386 g/mol. The zero-order chi connectivity index (χ0) is 20.2. The number of rotatable bonds is 7. The summed E-state index contributed by atoms with van der Waals surface area (Å²) < 4.78 is 11.1. The first-order chi connectivity index (χ1) is 14.1. The molecule has 146 valence electrons. The fourth-order valence-corrected chi connectivity index (χ4v) is 3.73. The highest BCUT2D eigenvalue weighted by Crippen LogP contribution is 2.27. The van der Waals surface area contributed by atoms with Crippen LogP contribution < -0.4 is 9.47 Å². The fourth-order valence-electron chi connectivity index (χ4n) is 3.02. The van der Waals surface area contributed by atoms with E-state index in [4.69, 9.17) is 19.6 Å². The number of carbonyl (C=O) groups is 1. The molecule has 0 atom stereocenters. The Morgan fingerprint density at radius 2 is 1.86 bits per heavy atom. The van der Waals surface area contributed by atoms with Crippen LogP contribution in [-0.4, -0.2) is 22.7 Å². The van der Waals surface area contributed by atoms with Gasteiger partial charge < -0.3 is 14.6 Å². The van der Waals surface area contributed by atoms with Crippen LogP contribution in [0.5, 0.6) is 11.5 Å². The molecule has 0 aliphatic rings. The zero-order valence-corrected chi connectivity index (χ0v) is 16.6. The van der Waals surface area contributed by atoms with Crippen molar-refractivity contribution in [2.45, 2.75) is 13.5 Å². The van der Waals surface area contributed by atoms with Gasteiger partial charge in [0.2, 0.25) is 0 Å². The van der Waals surface area contributed by atoms with E-state index < -0.39 is 5.97 Å².